The van der Waals surface area contributed by atoms with Crippen molar-refractivity contribution in [2.75, 3.05) is 12.4 Å². The van der Waals surface area contributed by atoms with Gasteiger partial charge in [0, 0.05) is 23.7 Å². The highest BCUT2D eigenvalue weighted by molar-refractivity contribution is 5.97. The van der Waals surface area contributed by atoms with Crippen molar-refractivity contribution in [1.29, 1.82) is 0 Å². The van der Waals surface area contributed by atoms with Crippen LogP contribution < -0.4 is 15.4 Å². The molecule has 166 valence electrons. The van der Waals surface area contributed by atoms with Crippen LogP contribution in [0, 0.1) is 5.92 Å². The topological polar surface area (TPSA) is 89.6 Å². The van der Waals surface area contributed by atoms with Gasteiger partial charge in [0.15, 0.2) is 0 Å². The van der Waals surface area contributed by atoms with Crippen LogP contribution in [0.4, 0.5) is 10.5 Å². The molecule has 31 heavy (non-hydrogen) atoms. The van der Waals surface area contributed by atoms with Crippen molar-refractivity contribution in [3.8, 4) is 16.9 Å². The molecule has 2 bridgehead atoms. The van der Waals surface area contributed by atoms with Crippen molar-refractivity contribution < 1.29 is 19.1 Å². The lowest BCUT2D eigenvalue weighted by Gasteiger charge is -2.25. The van der Waals surface area contributed by atoms with E-state index in [1.807, 2.05) is 58.0 Å². The standard InChI is InChI=1S/C24H31N3O4/c1-15-7-6-8-19(27-23(29)31-24(2,3)4)21-13-16(11-12-25-21)18-10-9-17(30-5)14-20(18)26-22(15)28/h9-15,19H,6-8H2,1-5H3,(H,26,28)(H,27,29)/t15-,19+/m1/s1. The van der Waals surface area contributed by atoms with Crippen molar-refractivity contribution in [2.24, 2.45) is 5.92 Å². The highest BCUT2D eigenvalue weighted by atomic mass is 16.6. The number of nitrogens with one attached hydrogen (secondary N) is 2. The van der Waals surface area contributed by atoms with Gasteiger partial charge in [-0.3, -0.25) is 9.78 Å². The van der Waals surface area contributed by atoms with E-state index in [1.54, 1.807) is 13.3 Å². The van der Waals surface area contributed by atoms with Crippen LogP contribution in [-0.4, -0.2) is 29.7 Å². The summed E-state index contributed by atoms with van der Waals surface area (Å²) in [6, 6.07) is 9.12. The summed E-state index contributed by atoms with van der Waals surface area (Å²) in [5, 5.41) is 6.01. The van der Waals surface area contributed by atoms with Gasteiger partial charge in [0.1, 0.15) is 11.4 Å². The number of alkyl carbamates (subject to hydrolysis) is 1. The fraction of sp³-hybridized carbons (Fsp3) is 0.458. The second kappa shape index (κ2) is 9.37. The number of rotatable bonds is 2. The SMILES string of the molecule is COc1ccc2c(c1)NC(=O)[C@H](C)CCC[C@H](NC(=O)OC(C)(C)C)c1cc-2ccn1. The Morgan fingerprint density at radius 2 is 1.97 bits per heavy atom. The summed E-state index contributed by atoms with van der Waals surface area (Å²) >= 11 is 0. The van der Waals surface area contributed by atoms with E-state index in [0.717, 1.165) is 23.2 Å². The molecule has 0 radical (unpaired) electrons. The van der Waals surface area contributed by atoms with Gasteiger partial charge in [-0.15, -0.1) is 0 Å². The van der Waals surface area contributed by atoms with Crippen molar-refractivity contribution >= 4 is 17.7 Å². The second-order valence-corrected chi connectivity index (χ2v) is 8.90. The number of fused-ring (bicyclic) bond motifs is 4. The Kier molecular flexibility index (Phi) is 6.83. The van der Waals surface area contributed by atoms with Crippen LogP contribution in [0.3, 0.4) is 0 Å². The van der Waals surface area contributed by atoms with Crippen LogP contribution in [0.2, 0.25) is 0 Å². The minimum atomic E-state index is -0.588. The van der Waals surface area contributed by atoms with Crippen LogP contribution in [0.15, 0.2) is 36.5 Å². The maximum Gasteiger partial charge on any atom is 0.408 e. The van der Waals surface area contributed by atoms with Crippen LogP contribution in [0.1, 0.15) is 58.7 Å². The summed E-state index contributed by atoms with van der Waals surface area (Å²) in [4.78, 5) is 29.7. The molecule has 7 nitrogen and oxygen atoms in total. The Balaban J connectivity index is 2.01. The first-order valence-corrected chi connectivity index (χ1v) is 10.6. The number of hydrogen-bond acceptors (Lipinski definition) is 5. The molecular formula is C24H31N3O4. The minimum absolute atomic E-state index is 0.0407. The summed E-state index contributed by atoms with van der Waals surface area (Å²) in [6.07, 6.45) is 3.35. The summed E-state index contributed by atoms with van der Waals surface area (Å²) in [6.45, 7) is 7.41. The molecule has 2 heterocycles. The van der Waals surface area contributed by atoms with Crippen molar-refractivity contribution in [3.05, 3.63) is 42.2 Å². The molecule has 1 aromatic heterocycles. The molecule has 0 saturated carbocycles. The molecule has 0 fully saturated rings. The number of amides is 2. The third-order valence-corrected chi connectivity index (χ3v) is 5.20. The zero-order valence-corrected chi connectivity index (χ0v) is 18.8. The fourth-order valence-corrected chi connectivity index (χ4v) is 3.57. The van der Waals surface area contributed by atoms with Crippen LogP contribution >= 0.6 is 0 Å². The summed E-state index contributed by atoms with van der Waals surface area (Å²) in [7, 11) is 1.60. The van der Waals surface area contributed by atoms with Crippen molar-refractivity contribution in [1.82, 2.24) is 10.3 Å². The van der Waals surface area contributed by atoms with E-state index in [9.17, 15) is 9.59 Å². The van der Waals surface area contributed by atoms with Gasteiger partial charge in [-0.1, -0.05) is 13.3 Å². The molecule has 0 aliphatic carbocycles. The number of nitrogens with zero attached hydrogens (tertiary/aromatic N) is 1. The van der Waals surface area contributed by atoms with Crippen molar-refractivity contribution in [2.45, 2.75) is 58.6 Å². The Morgan fingerprint density at radius 1 is 1.19 bits per heavy atom. The van der Waals surface area contributed by atoms with Gasteiger partial charge < -0.3 is 20.1 Å². The molecular weight excluding hydrogens is 394 g/mol. The smallest absolute Gasteiger partial charge is 0.408 e. The van der Waals surface area contributed by atoms with E-state index in [-0.39, 0.29) is 17.9 Å². The van der Waals surface area contributed by atoms with Crippen LogP contribution in [-0.2, 0) is 9.53 Å². The number of ether oxygens (including phenoxy) is 2. The van der Waals surface area contributed by atoms with E-state index in [2.05, 4.69) is 15.6 Å². The first kappa shape index (κ1) is 22.6. The number of carbonyl (C=O) groups is 2. The molecule has 1 aliphatic heterocycles. The largest absolute Gasteiger partial charge is 0.497 e. The lowest BCUT2D eigenvalue weighted by atomic mass is 9.95. The lowest BCUT2D eigenvalue weighted by molar-refractivity contribution is -0.119. The van der Waals surface area contributed by atoms with E-state index >= 15 is 0 Å². The zero-order valence-electron chi connectivity index (χ0n) is 18.8. The quantitative estimate of drug-likeness (QED) is 0.700. The number of hydrogen-bond donors (Lipinski definition) is 2. The summed E-state index contributed by atoms with van der Waals surface area (Å²) < 4.78 is 10.8. The van der Waals surface area contributed by atoms with Gasteiger partial charge in [-0.25, -0.2) is 4.79 Å². The average molecular weight is 426 g/mol. The minimum Gasteiger partial charge on any atom is -0.497 e. The van der Waals surface area contributed by atoms with E-state index in [1.165, 1.54) is 0 Å². The van der Waals surface area contributed by atoms with E-state index < -0.39 is 11.7 Å². The molecule has 2 atom stereocenters. The maximum absolute atomic E-state index is 12.8. The molecule has 2 N–H and O–H groups in total. The first-order valence-electron chi connectivity index (χ1n) is 10.6. The predicted octanol–water partition coefficient (Wildman–Crippen LogP) is 5.08. The summed E-state index contributed by atoms with van der Waals surface area (Å²) in [5.41, 5.74) is 2.61. The molecule has 0 unspecified atom stereocenters. The monoisotopic (exact) mass is 425 g/mol. The van der Waals surface area contributed by atoms with Crippen LogP contribution in [0.5, 0.6) is 5.75 Å². The van der Waals surface area contributed by atoms with Gasteiger partial charge in [-0.2, -0.15) is 0 Å². The van der Waals surface area contributed by atoms with Gasteiger partial charge >= 0.3 is 6.09 Å². The Hall–Kier alpha value is -3.09. The average Bonchev–Trinajstić information content (AvgIpc) is 2.71. The van der Waals surface area contributed by atoms with Crippen molar-refractivity contribution in [3.63, 3.8) is 0 Å². The third-order valence-electron chi connectivity index (χ3n) is 5.20. The Labute approximate surface area is 183 Å². The highest BCUT2D eigenvalue weighted by Crippen LogP contribution is 2.34. The zero-order chi connectivity index (χ0) is 22.6. The highest BCUT2D eigenvalue weighted by Gasteiger charge is 2.24. The molecule has 2 aromatic rings. The predicted molar refractivity (Wildman–Crippen MR) is 120 cm³/mol. The molecule has 7 heteroatoms. The molecule has 1 aromatic carbocycles. The maximum atomic E-state index is 12.8. The fourth-order valence-electron chi connectivity index (χ4n) is 3.57. The van der Waals surface area contributed by atoms with Crippen LogP contribution in [0.25, 0.3) is 11.1 Å². The number of carbonyl (C=O) groups excluding carboxylic acids is 2. The number of pyridine rings is 1. The van der Waals surface area contributed by atoms with E-state index in [0.29, 0.717) is 24.3 Å². The molecule has 0 spiro atoms. The Morgan fingerprint density at radius 3 is 2.68 bits per heavy atom. The lowest BCUT2D eigenvalue weighted by Crippen LogP contribution is -2.35. The number of anilines is 1. The molecule has 0 saturated heterocycles. The van der Waals surface area contributed by atoms with Gasteiger partial charge in [0.25, 0.3) is 0 Å². The van der Waals surface area contributed by atoms with Gasteiger partial charge in [0.05, 0.1) is 24.5 Å². The van der Waals surface area contributed by atoms with E-state index in [4.69, 9.17) is 9.47 Å². The van der Waals surface area contributed by atoms with Gasteiger partial charge in [0.2, 0.25) is 5.91 Å². The summed E-state index contributed by atoms with van der Waals surface area (Å²) in [5.74, 6) is 0.450. The molecule has 2 amide bonds. The number of aromatic nitrogens is 1. The molecule has 3 rings (SSSR count). The van der Waals surface area contributed by atoms with Gasteiger partial charge in [-0.05, 0) is 63.4 Å². The third kappa shape index (κ3) is 5.96. The second-order valence-electron chi connectivity index (χ2n) is 8.90. The Bertz CT molecular complexity index is 952. The molecule has 1 aliphatic rings. The number of benzene rings is 1. The first-order chi connectivity index (χ1) is 14.7. The number of methoxy groups -OCH3 is 1. The normalized spacial score (nSPS) is 19.2.